The Morgan fingerprint density at radius 3 is 2.55 bits per heavy atom. The number of hydrogen-bond acceptors (Lipinski definition) is 8. The van der Waals surface area contributed by atoms with Gasteiger partial charge >= 0.3 is 0 Å². The Bertz CT molecular complexity index is 1120. The van der Waals surface area contributed by atoms with Crippen LogP contribution in [0.2, 0.25) is 0 Å². The average Bonchev–Trinajstić information content (AvgIpc) is 3.14. The summed E-state index contributed by atoms with van der Waals surface area (Å²) in [4.78, 5) is 28.0. The van der Waals surface area contributed by atoms with Crippen molar-refractivity contribution in [2.45, 2.75) is 0 Å². The van der Waals surface area contributed by atoms with Gasteiger partial charge in [-0.05, 0) is 23.8 Å². The molecule has 0 N–H and O–H groups in total. The molecule has 10 heteroatoms. The zero-order chi connectivity index (χ0) is 20.4. The number of non-ortho nitro benzene ring substituents is 1. The van der Waals surface area contributed by atoms with Crippen LogP contribution in [0.1, 0.15) is 10.6 Å². The summed E-state index contributed by atoms with van der Waals surface area (Å²) >= 11 is 1.33. The SMILES string of the molecule is O=[N+]([O-])c1ccc2nc(C=Cc3ccc(N4CCOCC4)c([N+](=O)[O-])c3)sc2c1. The van der Waals surface area contributed by atoms with Crippen molar-refractivity contribution in [2.24, 2.45) is 0 Å². The molecule has 1 aliphatic rings. The summed E-state index contributed by atoms with van der Waals surface area (Å²) in [6.45, 7) is 2.34. The van der Waals surface area contributed by atoms with Crippen molar-refractivity contribution < 1.29 is 14.6 Å². The zero-order valence-corrected chi connectivity index (χ0v) is 16.0. The number of nitro benzene ring substituents is 2. The summed E-state index contributed by atoms with van der Waals surface area (Å²) in [5.41, 5.74) is 2.01. The fraction of sp³-hybridized carbons (Fsp3) is 0.211. The number of nitro groups is 2. The summed E-state index contributed by atoms with van der Waals surface area (Å²) < 4.78 is 6.03. The molecule has 0 radical (unpaired) electrons. The zero-order valence-electron chi connectivity index (χ0n) is 15.2. The Balaban J connectivity index is 1.60. The largest absolute Gasteiger partial charge is 0.378 e. The van der Waals surface area contributed by atoms with E-state index in [1.54, 1.807) is 30.4 Å². The monoisotopic (exact) mass is 412 g/mol. The molecule has 1 aromatic heterocycles. The molecule has 0 atom stereocenters. The Kier molecular flexibility index (Phi) is 5.19. The number of ether oxygens (including phenoxy) is 1. The molecule has 29 heavy (non-hydrogen) atoms. The minimum atomic E-state index is -0.441. The van der Waals surface area contributed by atoms with Crippen molar-refractivity contribution >= 4 is 50.8 Å². The molecular weight excluding hydrogens is 396 g/mol. The van der Waals surface area contributed by atoms with Gasteiger partial charge in [-0.25, -0.2) is 4.98 Å². The van der Waals surface area contributed by atoms with Crippen LogP contribution in [0, 0.1) is 20.2 Å². The van der Waals surface area contributed by atoms with E-state index in [1.807, 2.05) is 11.0 Å². The lowest BCUT2D eigenvalue weighted by atomic mass is 10.1. The first-order valence-corrected chi connectivity index (χ1v) is 9.67. The molecule has 0 saturated carbocycles. The summed E-state index contributed by atoms with van der Waals surface area (Å²) in [5, 5.41) is 23.1. The molecule has 148 valence electrons. The number of aromatic nitrogens is 1. The summed E-state index contributed by atoms with van der Waals surface area (Å²) in [7, 11) is 0. The highest BCUT2D eigenvalue weighted by atomic mass is 32.1. The van der Waals surface area contributed by atoms with Crippen LogP contribution in [-0.2, 0) is 4.74 Å². The minimum absolute atomic E-state index is 0.0194. The molecule has 1 fully saturated rings. The molecule has 0 aliphatic carbocycles. The first-order valence-electron chi connectivity index (χ1n) is 8.85. The molecule has 2 aromatic carbocycles. The van der Waals surface area contributed by atoms with Crippen LogP contribution >= 0.6 is 11.3 Å². The van der Waals surface area contributed by atoms with Gasteiger partial charge in [-0.15, -0.1) is 11.3 Å². The van der Waals surface area contributed by atoms with Crippen LogP contribution in [0.3, 0.4) is 0 Å². The fourth-order valence-corrected chi connectivity index (χ4v) is 4.05. The van der Waals surface area contributed by atoms with E-state index in [9.17, 15) is 20.2 Å². The van der Waals surface area contributed by atoms with E-state index in [4.69, 9.17) is 4.74 Å². The van der Waals surface area contributed by atoms with Crippen molar-refractivity contribution in [3.05, 3.63) is 67.2 Å². The van der Waals surface area contributed by atoms with Crippen molar-refractivity contribution in [1.82, 2.24) is 4.98 Å². The van der Waals surface area contributed by atoms with Crippen LogP contribution in [0.5, 0.6) is 0 Å². The molecule has 3 aromatic rings. The number of nitrogens with zero attached hydrogens (tertiary/aromatic N) is 4. The second-order valence-electron chi connectivity index (χ2n) is 6.40. The molecule has 1 saturated heterocycles. The first-order chi connectivity index (χ1) is 14.0. The Morgan fingerprint density at radius 2 is 1.83 bits per heavy atom. The van der Waals surface area contributed by atoms with Crippen molar-refractivity contribution in [3.63, 3.8) is 0 Å². The van der Waals surface area contributed by atoms with Crippen LogP contribution in [0.25, 0.3) is 22.4 Å². The Labute approximate surface area is 169 Å². The van der Waals surface area contributed by atoms with E-state index < -0.39 is 4.92 Å². The third kappa shape index (κ3) is 4.08. The predicted molar refractivity (Wildman–Crippen MR) is 111 cm³/mol. The normalized spacial score (nSPS) is 14.6. The number of morpholine rings is 1. The van der Waals surface area contributed by atoms with E-state index in [0.29, 0.717) is 52.8 Å². The molecule has 0 unspecified atom stereocenters. The number of fused-ring (bicyclic) bond motifs is 1. The van der Waals surface area contributed by atoms with Crippen LogP contribution in [-0.4, -0.2) is 41.1 Å². The number of anilines is 1. The fourth-order valence-electron chi connectivity index (χ4n) is 3.15. The van der Waals surface area contributed by atoms with Gasteiger partial charge in [0.15, 0.2) is 0 Å². The van der Waals surface area contributed by atoms with Gasteiger partial charge in [-0.3, -0.25) is 20.2 Å². The number of hydrogen-bond donors (Lipinski definition) is 0. The standard InChI is InChI=1S/C19H16N4O5S/c24-22(25)14-3-4-15-18(12-14)29-19(20-15)6-2-13-1-5-16(17(11-13)23(26)27)21-7-9-28-10-8-21/h1-6,11-12H,7-10H2. The number of rotatable bonds is 5. The van der Waals surface area contributed by atoms with Crippen LogP contribution < -0.4 is 4.90 Å². The third-order valence-corrected chi connectivity index (χ3v) is 5.55. The molecule has 2 heterocycles. The van der Waals surface area contributed by atoms with E-state index >= 15 is 0 Å². The highest BCUT2D eigenvalue weighted by Crippen LogP contribution is 2.31. The molecule has 1 aliphatic heterocycles. The second-order valence-corrected chi connectivity index (χ2v) is 7.46. The van der Waals surface area contributed by atoms with Gasteiger partial charge in [0.1, 0.15) is 10.7 Å². The molecule has 0 bridgehead atoms. The maximum Gasteiger partial charge on any atom is 0.293 e. The highest BCUT2D eigenvalue weighted by Gasteiger charge is 2.21. The van der Waals surface area contributed by atoms with Gasteiger partial charge in [0.05, 0.1) is 33.3 Å². The topological polar surface area (TPSA) is 112 Å². The van der Waals surface area contributed by atoms with E-state index in [1.165, 1.54) is 23.5 Å². The molecule has 0 spiro atoms. The number of thiazole rings is 1. The number of benzene rings is 2. The van der Waals surface area contributed by atoms with Gasteiger partial charge in [0.25, 0.3) is 11.4 Å². The second kappa shape index (κ2) is 7.94. The minimum Gasteiger partial charge on any atom is -0.378 e. The van der Waals surface area contributed by atoms with Crippen molar-refractivity contribution in [2.75, 3.05) is 31.2 Å². The quantitative estimate of drug-likeness (QED) is 0.458. The lowest BCUT2D eigenvalue weighted by Crippen LogP contribution is -2.36. The molecule has 9 nitrogen and oxygen atoms in total. The maximum atomic E-state index is 11.6. The summed E-state index contributed by atoms with van der Waals surface area (Å²) in [6.07, 6.45) is 3.51. The van der Waals surface area contributed by atoms with E-state index in [0.717, 1.165) is 0 Å². The first kappa shape index (κ1) is 19.0. The molecule has 0 amide bonds. The van der Waals surface area contributed by atoms with Crippen molar-refractivity contribution in [3.8, 4) is 0 Å². The smallest absolute Gasteiger partial charge is 0.293 e. The lowest BCUT2D eigenvalue weighted by molar-refractivity contribution is -0.384. The van der Waals surface area contributed by atoms with Crippen LogP contribution in [0.4, 0.5) is 17.1 Å². The molecular formula is C19H16N4O5S. The van der Waals surface area contributed by atoms with Gasteiger partial charge in [0.2, 0.25) is 0 Å². The van der Waals surface area contributed by atoms with Gasteiger partial charge in [-0.2, -0.15) is 0 Å². The Hall–Kier alpha value is -3.37. The Morgan fingerprint density at radius 1 is 1.03 bits per heavy atom. The highest BCUT2D eigenvalue weighted by molar-refractivity contribution is 7.19. The molecule has 4 rings (SSSR count). The maximum absolute atomic E-state index is 11.6. The predicted octanol–water partition coefficient (Wildman–Crippen LogP) is 4.12. The third-order valence-electron chi connectivity index (χ3n) is 4.57. The summed E-state index contributed by atoms with van der Waals surface area (Å²) in [5.74, 6) is 0. The average molecular weight is 412 g/mol. The van der Waals surface area contributed by atoms with Crippen molar-refractivity contribution in [1.29, 1.82) is 0 Å². The van der Waals surface area contributed by atoms with E-state index in [-0.39, 0.29) is 16.3 Å². The van der Waals surface area contributed by atoms with E-state index in [2.05, 4.69) is 4.98 Å². The van der Waals surface area contributed by atoms with Gasteiger partial charge < -0.3 is 9.64 Å². The van der Waals surface area contributed by atoms with Crippen LogP contribution in [0.15, 0.2) is 36.4 Å². The van der Waals surface area contributed by atoms with Gasteiger partial charge in [0, 0.05) is 31.3 Å². The lowest BCUT2D eigenvalue weighted by Gasteiger charge is -2.28. The summed E-state index contributed by atoms with van der Waals surface area (Å²) in [6, 6.07) is 9.65. The van der Waals surface area contributed by atoms with Gasteiger partial charge in [-0.1, -0.05) is 12.1 Å².